The molecule has 0 spiro atoms. The van der Waals surface area contributed by atoms with E-state index < -0.39 is 4.92 Å². The first-order valence-electron chi connectivity index (χ1n) is 9.39. The molecule has 2 aliphatic rings. The van der Waals surface area contributed by atoms with E-state index in [2.05, 4.69) is 9.80 Å². The molecule has 1 saturated heterocycles. The van der Waals surface area contributed by atoms with Gasteiger partial charge in [0, 0.05) is 73.1 Å². The van der Waals surface area contributed by atoms with Gasteiger partial charge in [-0.2, -0.15) is 0 Å². The lowest BCUT2D eigenvalue weighted by molar-refractivity contribution is -0.385. The number of nitro groups is 1. The van der Waals surface area contributed by atoms with Crippen molar-refractivity contribution in [2.45, 2.75) is 19.7 Å². The second kappa shape index (κ2) is 8.62. The molecule has 9 heteroatoms. The quantitative estimate of drug-likeness (QED) is 0.543. The van der Waals surface area contributed by atoms with Gasteiger partial charge < -0.3 is 9.47 Å². The van der Waals surface area contributed by atoms with E-state index in [4.69, 9.17) is 21.1 Å². The molecule has 0 atom stereocenters. The molecule has 0 unspecified atom stereocenters. The van der Waals surface area contributed by atoms with Crippen LogP contribution in [-0.2, 0) is 24.4 Å². The lowest BCUT2D eigenvalue weighted by Crippen LogP contribution is -2.45. The smallest absolute Gasteiger partial charge is 0.270 e. The van der Waals surface area contributed by atoms with Crippen molar-refractivity contribution >= 4 is 17.3 Å². The normalized spacial score (nSPS) is 17.6. The molecule has 2 aromatic carbocycles. The molecule has 4 rings (SSSR count). The Morgan fingerprint density at radius 1 is 1.14 bits per heavy atom. The zero-order chi connectivity index (χ0) is 20.4. The number of benzene rings is 2. The van der Waals surface area contributed by atoms with E-state index in [9.17, 15) is 14.5 Å². The molecule has 0 aromatic heterocycles. The maximum atomic E-state index is 14.0. The summed E-state index contributed by atoms with van der Waals surface area (Å²) in [5.74, 6) is 0.393. The molecule has 2 heterocycles. The van der Waals surface area contributed by atoms with Crippen molar-refractivity contribution in [2.24, 2.45) is 0 Å². The average Bonchev–Trinajstić information content (AvgIpc) is 2.72. The van der Waals surface area contributed by atoms with Crippen molar-refractivity contribution in [3.63, 3.8) is 0 Å². The third-order valence-corrected chi connectivity index (χ3v) is 5.64. The summed E-state index contributed by atoms with van der Waals surface area (Å²) in [4.78, 5) is 15.3. The second-order valence-electron chi connectivity index (χ2n) is 7.21. The molecular formula is C20H21ClFN3O4. The fourth-order valence-corrected chi connectivity index (χ4v) is 3.98. The van der Waals surface area contributed by atoms with E-state index in [1.807, 2.05) is 0 Å². The molecule has 2 aromatic rings. The van der Waals surface area contributed by atoms with Gasteiger partial charge in [-0.15, -0.1) is 0 Å². The van der Waals surface area contributed by atoms with Crippen LogP contribution < -0.4 is 4.74 Å². The SMILES string of the molecule is O=[N+]([O-])c1cc2c(c(CN3CCN(Cc4c(F)cccc4Cl)CC3)c1)OCOC2. The maximum Gasteiger partial charge on any atom is 0.270 e. The Balaban J connectivity index is 1.42. The topological polar surface area (TPSA) is 68.1 Å². The van der Waals surface area contributed by atoms with Gasteiger partial charge in [0.25, 0.3) is 5.69 Å². The highest BCUT2D eigenvalue weighted by Crippen LogP contribution is 2.33. The predicted octanol–water partition coefficient (Wildman–Crippen LogP) is 3.57. The van der Waals surface area contributed by atoms with Gasteiger partial charge in [0.1, 0.15) is 11.6 Å². The fourth-order valence-electron chi connectivity index (χ4n) is 3.76. The summed E-state index contributed by atoms with van der Waals surface area (Å²) >= 11 is 6.14. The monoisotopic (exact) mass is 421 g/mol. The standard InChI is InChI=1S/C20H21ClFN3O4/c21-18-2-1-3-19(22)17(18)11-24-6-4-23(5-7-24)10-14-8-16(25(26)27)9-15-12-28-13-29-20(14)15/h1-3,8-9H,4-7,10-13H2. The van der Waals surface area contributed by atoms with Crippen LogP contribution in [0.3, 0.4) is 0 Å². The van der Waals surface area contributed by atoms with Gasteiger partial charge in [-0.05, 0) is 12.1 Å². The Bertz CT molecular complexity index is 899. The maximum absolute atomic E-state index is 14.0. The van der Waals surface area contributed by atoms with Gasteiger partial charge in [0.15, 0.2) is 6.79 Å². The summed E-state index contributed by atoms with van der Waals surface area (Å²) < 4.78 is 24.9. The van der Waals surface area contributed by atoms with Gasteiger partial charge >= 0.3 is 0 Å². The van der Waals surface area contributed by atoms with Crippen molar-refractivity contribution in [2.75, 3.05) is 33.0 Å². The number of ether oxygens (including phenoxy) is 2. The predicted molar refractivity (Wildman–Crippen MR) is 105 cm³/mol. The van der Waals surface area contributed by atoms with E-state index in [0.717, 1.165) is 31.7 Å². The number of piperazine rings is 1. The summed E-state index contributed by atoms with van der Waals surface area (Å²) in [6, 6.07) is 7.81. The summed E-state index contributed by atoms with van der Waals surface area (Å²) in [6.45, 7) is 4.51. The first-order chi connectivity index (χ1) is 14.0. The van der Waals surface area contributed by atoms with Crippen molar-refractivity contribution in [1.29, 1.82) is 0 Å². The summed E-state index contributed by atoms with van der Waals surface area (Å²) in [7, 11) is 0. The molecular weight excluding hydrogens is 401 g/mol. The largest absolute Gasteiger partial charge is 0.467 e. The number of non-ortho nitro benzene ring substituents is 1. The van der Waals surface area contributed by atoms with Crippen LogP contribution in [0.15, 0.2) is 30.3 Å². The van der Waals surface area contributed by atoms with Crippen molar-refractivity contribution in [1.82, 2.24) is 9.80 Å². The number of hydrogen-bond acceptors (Lipinski definition) is 6. The molecule has 154 valence electrons. The number of rotatable bonds is 5. The molecule has 7 nitrogen and oxygen atoms in total. The molecule has 0 saturated carbocycles. The summed E-state index contributed by atoms with van der Waals surface area (Å²) in [5, 5.41) is 11.7. The van der Waals surface area contributed by atoms with Gasteiger partial charge in [0.2, 0.25) is 0 Å². The van der Waals surface area contributed by atoms with Gasteiger partial charge in [-0.1, -0.05) is 17.7 Å². The van der Waals surface area contributed by atoms with Crippen LogP contribution in [0.5, 0.6) is 5.75 Å². The summed E-state index contributed by atoms with van der Waals surface area (Å²) in [5.41, 5.74) is 2.06. The minimum Gasteiger partial charge on any atom is -0.467 e. The number of nitro benzene ring substituents is 1. The number of halogens is 2. The number of fused-ring (bicyclic) bond motifs is 1. The van der Waals surface area contributed by atoms with Crippen molar-refractivity contribution in [3.8, 4) is 5.75 Å². The summed E-state index contributed by atoms with van der Waals surface area (Å²) in [6.07, 6.45) is 0. The third-order valence-electron chi connectivity index (χ3n) is 5.28. The Hall–Kier alpha value is -2.26. The van der Waals surface area contributed by atoms with Crippen LogP contribution in [0, 0.1) is 15.9 Å². The van der Waals surface area contributed by atoms with Crippen LogP contribution in [0.25, 0.3) is 0 Å². The molecule has 1 fully saturated rings. The molecule has 0 amide bonds. The first kappa shape index (κ1) is 20.0. The van der Waals surface area contributed by atoms with Crippen LogP contribution in [-0.4, -0.2) is 47.7 Å². The second-order valence-corrected chi connectivity index (χ2v) is 7.62. The van der Waals surface area contributed by atoms with Gasteiger partial charge in [-0.3, -0.25) is 19.9 Å². The molecule has 0 aliphatic carbocycles. The van der Waals surface area contributed by atoms with Crippen LogP contribution >= 0.6 is 11.6 Å². The minimum absolute atomic E-state index is 0.0423. The van der Waals surface area contributed by atoms with Gasteiger partial charge in [-0.25, -0.2) is 4.39 Å². The van der Waals surface area contributed by atoms with Crippen molar-refractivity contribution < 1.29 is 18.8 Å². The zero-order valence-electron chi connectivity index (χ0n) is 15.8. The Labute approximate surface area is 172 Å². The van der Waals surface area contributed by atoms with E-state index in [0.29, 0.717) is 41.6 Å². The third kappa shape index (κ3) is 4.51. The van der Waals surface area contributed by atoms with E-state index in [1.165, 1.54) is 12.1 Å². The highest BCUT2D eigenvalue weighted by Gasteiger charge is 2.24. The Kier molecular flexibility index (Phi) is 5.96. The van der Waals surface area contributed by atoms with Crippen LogP contribution in [0.1, 0.15) is 16.7 Å². The lowest BCUT2D eigenvalue weighted by Gasteiger charge is -2.35. The lowest BCUT2D eigenvalue weighted by atomic mass is 10.1. The van der Waals surface area contributed by atoms with E-state index in [1.54, 1.807) is 18.2 Å². The number of nitrogens with zero attached hydrogens (tertiary/aromatic N) is 3. The van der Waals surface area contributed by atoms with Crippen LogP contribution in [0.2, 0.25) is 5.02 Å². The van der Waals surface area contributed by atoms with Crippen molar-refractivity contribution in [3.05, 3.63) is 68.0 Å². The Morgan fingerprint density at radius 3 is 2.55 bits per heavy atom. The molecule has 2 aliphatic heterocycles. The molecule has 0 bridgehead atoms. The van der Waals surface area contributed by atoms with E-state index >= 15 is 0 Å². The zero-order valence-corrected chi connectivity index (χ0v) is 16.5. The highest BCUT2D eigenvalue weighted by atomic mass is 35.5. The highest BCUT2D eigenvalue weighted by molar-refractivity contribution is 6.31. The molecule has 29 heavy (non-hydrogen) atoms. The fraction of sp³-hybridized carbons (Fsp3) is 0.400. The van der Waals surface area contributed by atoms with E-state index in [-0.39, 0.29) is 18.3 Å². The minimum atomic E-state index is -0.394. The Morgan fingerprint density at radius 2 is 1.86 bits per heavy atom. The first-order valence-corrected chi connectivity index (χ1v) is 9.77. The average molecular weight is 422 g/mol. The molecule has 0 radical (unpaired) electrons. The van der Waals surface area contributed by atoms with Crippen LogP contribution in [0.4, 0.5) is 10.1 Å². The number of hydrogen-bond donors (Lipinski definition) is 0. The van der Waals surface area contributed by atoms with Gasteiger partial charge in [0.05, 0.1) is 11.5 Å². The molecule has 0 N–H and O–H groups in total.